The highest BCUT2D eigenvalue weighted by molar-refractivity contribution is 7.94. The third-order valence-corrected chi connectivity index (χ3v) is 5.20. The zero-order chi connectivity index (χ0) is 12.8. The third kappa shape index (κ3) is 1.61. The minimum atomic E-state index is -3.48. The van der Waals surface area contributed by atoms with E-state index in [1.54, 1.807) is 0 Å². The molecule has 6 heteroatoms. The van der Waals surface area contributed by atoms with Crippen molar-refractivity contribution in [3.05, 3.63) is 30.3 Å². The second-order valence-electron chi connectivity index (χ2n) is 4.33. The molecule has 0 N–H and O–H groups in total. The van der Waals surface area contributed by atoms with E-state index in [1.165, 1.54) is 8.61 Å². The predicted molar refractivity (Wildman–Crippen MR) is 72.1 cm³/mol. The van der Waals surface area contributed by atoms with Crippen LogP contribution in [0.25, 0.3) is 0 Å². The smallest absolute Gasteiger partial charge is 0.251 e. The molecule has 4 nitrogen and oxygen atoms in total. The Hall–Kier alpha value is -0.940. The minimum Gasteiger partial charge on any atom is -0.251 e. The second kappa shape index (κ2) is 4.31. The number of alkyl halides is 1. The Morgan fingerprint density at radius 2 is 2.22 bits per heavy atom. The number of para-hydroxylation sites is 1. The summed E-state index contributed by atoms with van der Waals surface area (Å²) in [7, 11) is -3.48. The van der Waals surface area contributed by atoms with Gasteiger partial charge in [-0.25, -0.2) is 4.31 Å². The monoisotopic (exact) mass is 284 g/mol. The van der Waals surface area contributed by atoms with Crippen molar-refractivity contribution < 1.29 is 8.42 Å². The number of hydrogen-bond donors (Lipinski definition) is 0. The molecule has 2 aliphatic heterocycles. The van der Waals surface area contributed by atoms with E-state index in [1.807, 2.05) is 18.2 Å². The average Bonchev–Trinajstić information content (AvgIpc) is 2.59. The molecule has 0 saturated carbocycles. The van der Waals surface area contributed by atoms with Crippen molar-refractivity contribution in [3.8, 4) is 0 Å². The van der Waals surface area contributed by atoms with Gasteiger partial charge in [0.2, 0.25) is 0 Å². The Labute approximate surface area is 112 Å². The third-order valence-electron chi connectivity index (χ3n) is 3.22. The van der Waals surface area contributed by atoms with Crippen LogP contribution >= 0.6 is 11.6 Å². The molecule has 3 rings (SSSR count). The predicted octanol–water partition coefficient (Wildman–Crippen LogP) is 2.17. The standard InChI is InChI=1S/C12H13ClN2O2S/c13-7-3-9-14-11-6-1-4-10-5-2-8-15(12(10)11)18(14,16)17/h1,4,6H,2-3,5,7,9H2. The van der Waals surface area contributed by atoms with E-state index in [4.69, 9.17) is 11.6 Å². The lowest BCUT2D eigenvalue weighted by molar-refractivity contribution is 0.590. The second-order valence-corrected chi connectivity index (χ2v) is 6.41. The molecule has 0 fully saturated rings. The summed E-state index contributed by atoms with van der Waals surface area (Å²) in [5.41, 5.74) is 2.60. The molecule has 0 unspecified atom stereocenters. The van der Waals surface area contributed by atoms with Crippen LogP contribution in [0.4, 0.5) is 11.4 Å². The maximum absolute atomic E-state index is 12.4. The average molecular weight is 285 g/mol. The van der Waals surface area contributed by atoms with Gasteiger partial charge in [-0.2, -0.15) is 8.42 Å². The highest BCUT2D eigenvalue weighted by atomic mass is 35.5. The molecule has 1 aromatic carbocycles. The molecule has 0 aromatic heterocycles. The van der Waals surface area contributed by atoms with Crippen LogP contribution in [0, 0.1) is 6.54 Å². The molecule has 1 aromatic rings. The maximum Gasteiger partial charge on any atom is 0.327 e. The minimum absolute atomic E-state index is 0.417. The number of benzene rings is 1. The number of hydrogen-bond acceptors (Lipinski definition) is 2. The fraction of sp³-hybridized carbons (Fsp3) is 0.417. The van der Waals surface area contributed by atoms with Crippen LogP contribution in [0.15, 0.2) is 18.2 Å². The number of nitrogens with zero attached hydrogens (tertiary/aromatic N) is 2. The van der Waals surface area contributed by atoms with Crippen LogP contribution in [0.1, 0.15) is 18.4 Å². The van der Waals surface area contributed by atoms with Crippen molar-refractivity contribution >= 4 is 33.2 Å². The van der Waals surface area contributed by atoms with E-state index in [-0.39, 0.29) is 0 Å². The maximum atomic E-state index is 12.4. The molecule has 2 radical (unpaired) electrons. The van der Waals surface area contributed by atoms with Crippen molar-refractivity contribution in [1.29, 1.82) is 0 Å². The Bertz CT molecular complexity index is 573. The molecule has 18 heavy (non-hydrogen) atoms. The first-order valence-electron chi connectivity index (χ1n) is 5.90. The molecule has 0 spiro atoms. The van der Waals surface area contributed by atoms with Crippen LogP contribution in [-0.2, 0) is 16.6 Å². The topological polar surface area (TPSA) is 40.6 Å². The lowest BCUT2D eigenvalue weighted by Gasteiger charge is -2.23. The zero-order valence-corrected chi connectivity index (χ0v) is 11.3. The summed E-state index contributed by atoms with van der Waals surface area (Å²) in [6.07, 6.45) is 2.12. The fourth-order valence-corrected chi connectivity index (χ4v) is 4.21. The summed E-state index contributed by atoms with van der Waals surface area (Å²) in [4.78, 5) is 0. The normalized spacial score (nSPS) is 20.1. The van der Waals surface area contributed by atoms with Gasteiger partial charge in [0.25, 0.3) is 0 Å². The lowest BCUT2D eigenvalue weighted by atomic mass is 10.0. The van der Waals surface area contributed by atoms with Crippen LogP contribution in [0.3, 0.4) is 0 Å². The van der Waals surface area contributed by atoms with Gasteiger partial charge in [0, 0.05) is 12.4 Å². The van der Waals surface area contributed by atoms with E-state index in [9.17, 15) is 8.42 Å². The first-order valence-corrected chi connectivity index (χ1v) is 7.84. The molecular weight excluding hydrogens is 272 g/mol. The van der Waals surface area contributed by atoms with Crippen LogP contribution in [0.5, 0.6) is 0 Å². The first-order chi connectivity index (χ1) is 8.66. The van der Waals surface area contributed by atoms with Gasteiger partial charge in [-0.1, -0.05) is 12.1 Å². The zero-order valence-electron chi connectivity index (χ0n) is 9.76. The van der Waals surface area contributed by atoms with Crippen molar-refractivity contribution in [3.63, 3.8) is 0 Å². The van der Waals surface area contributed by atoms with E-state index in [0.717, 1.165) is 23.4 Å². The summed E-state index contributed by atoms with van der Waals surface area (Å²) in [5, 5.41) is 0. The van der Waals surface area contributed by atoms with Gasteiger partial charge in [0.05, 0.1) is 11.4 Å². The quantitative estimate of drug-likeness (QED) is 0.798. The Morgan fingerprint density at radius 3 is 3.00 bits per heavy atom. The molecular formula is C12H13ClN2O2S. The summed E-state index contributed by atoms with van der Waals surface area (Å²) in [6.45, 7) is 3.36. The largest absolute Gasteiger partial charge is 0.327 e. The molecule has 96 valence electrons. The number of anilines is 2. The van der Waals surface area contributed by atoms with Crippen molar-refractivity contribution in [2.45, 2.75) is 19.3 Å². The molecule has 0 aliphatic carbocycles. The van der Waals surface area contributed by atoms with Gasteiger partial charge in [-0.15, -0.1) is 11.6 Å². The van der Waals surface area contributed by atoms with E-state index < -0.39 is 10.2 Å². The highest BCUT2D eigenvalue weighted by Crippen LogP contribution is 2.46. The Kier molecular flexibility index (Phi) is 2.90. The van der Waals surface area contributed by atoms with Crippen LogP contribution < -0.4 is 8.61 Å². The van der Waals surface area contributed by atoms with Crippen LogP contribution in [-0.4, -0.2) is 20.8 Å². The van der Waals surface area contributed by atoms with Gasteiger partial charge in [0.15, 0.2) is 0 Å². The Morgan fingerprint density at radius 1 is 1.39 bits per heavy atom. The first kappa shape index (κ1) is 12.1. The van der Waals surface area contributed by atoms with Gasteiger partial charge in [-0.3, -0.25) is 4.31 Å². The van der Waals surface area contributed by atoms with Crippen molar-refractivity contribution in [2.75, 3.05) is 21.0 Å². The summed E-state index contributed by atoms with van der Waals surface area (Å²) in [5.74, 6) is 0.453. The highest BCUT2D eigenvalue weighted by Gasteiger charge is 2.42. The van der Waals surface area contributed by atoms with Crippen molar-refractivity contribution in [1.82, 2.24) is 0 Å². The fourth-order valence-electron chi connectivity index (χ4n) is 2.45. The van der Waals surface area contributed by atoms with Gasteiger partial charge in [-0.05, 0) is 30.9 Å². The molecule has 2 heterocycles. The Balaban J connectivity index is 2.12. The van der Waals surface area contributed by atoms with E-state index in [0.29, 0.717) is 25.3 Å². The van der Waals surface area contributed by atoms with Crippen molar-refractivity contribution in [2.24, 2.45) is 0 Å². The number of aryl methyl sites for hydroxylation is 1. The van der Waals surface area contributed by atoms with Crippen LogP contribution in [0.2, 0.25) is 0 Å². The van der Waals surface area contributed by atoms with Gasteiger partial charge in [0.1, 0.15) is 6.54 Å². The van der Waals surface area contributed by atoms with Gasteiger partial charge < -0.3 is 0 Å². The molecule has 0 saturated heterocycles. The summed E-state index contributed by atoms with van der Waals surface area (Å²) in [6, 6.07) is 5.73. The van der Waals surface area contributed by atoms with Gasteiger partial charge >= 0.3 is 10.2 Å². The van der Waals surface area contributed by atoms with E-state index in [2.05, 4.69) is 6.54 Å². The molecule has 2 aliphatic rings. The molecule has 0 amide bonds. The van der Waals surface area contributed by atoms with E-state index >= 15 is 0 Å². The lowest BCUT2D eigenvalue weighted by Crippen LogP contribution is -2.38. The number of rotatable bonds is 3. The summed E-state index contributed by atoms with van der Waals surface area (Å²) >= 11 is 5.66. The number of halogens is 1. The summed E-state index contributed by atoms with van der Waals surface area (Å²) < 4.78 is 27.6. The molecule has 0 bridgehead atoms. The molecule has 0 atom stereocenters. The SMILES string of the molecule is O=S1(=O)N2[C]CCc3cccc(c32)N1CCCCl.